The van der Waals surface area contributed by atoms with E-state index in [2.05, 4.69) is 20.0 Å². The van der Waals surface area contributed by atoms with Gasteiger partial charge in [-0.15, -0.1) is 0 Å². The fraction of sp³-hybridized carbons (Fsp3) is 0.562. The van der Waals surface area contributed by atoms with Crippen molar-refractivity contribution in [1.29, 1.82) is 0 Å². The Morgan fingerprint density at radius 1 is 1.41 bits per heavy atom. The average molecular weight is 302 g/mol. The molecule has 0 radical (unpaired) electrons. The molecule has 0 unspecified atom stereocenters. The van der Waals surface area contributed by atoms with Crippen molar-refractivity contribution in [2.75, 3.05) is 24.6 Å². The quantitative estimate of drug-likeness (QED) is 0.935. The van der Waals surface area contributed by atoms with E-state index in [1.165, 1.54) is 0 Å². The zero-order valence-corrected chi connectivity index (χ0v) is 13.1. The molecule has 1 aliphatic rings. The second-order valence-corrected chi connectivity index (χ2v) is 6.15. The molecule has 1 fully saturated rings. The van der Waals surface area contributed by atoms with Crippen LogP contribution in [0.25, 0.3) is 11.5 Å². The second-order valence-electron chi connectivity index (χ2n) is 6.15. The van der Waals surface area contributed by atoms with E-state index in [0.29, 0.717) is 17.6 Å². The molecule has 0 spiro atoms. The van der Waals surface area contributed by atoms with Crippen molar-refractivity contribution in [2.45, 2.75) is 32.6 Å². The van der Waals surface area contributed by atoms with Crippen LogP contribution < -0.4 is 4.90 Å². The number of anilines is 1. The maximum Gasteiger partial charge on any atom is 0.259 e. The minimum atomic E-state index is 0.244. The summed E-state index contributed by atoms with van der Waals surface area (Å²) in [5.74, 6) is 2.74. The summed E-state index contributed by atoms with van der Waals surface area (Å²) in [7, 11) is 0. The maximum absolute atomic E-state index is 9.32. The Labute approximate surface area is 130 Å². The number of hydrogen-bond acceptors (Lipinski definition) is 6. The summed E-state index contributed by atoms with van der Waals surface area (Å²) in [6.07, 6.45) is 3.95. The van der Waals surface area contributed by atoms with Gasteiger partial charge in [0.1, 0.15) is 5.82 Å². The first-order chi connectivity index (χ1) is 10.7. The van der Waals surface area contributed by atoms with Crippen LogP contribution in [0.4, 0.5) is 5.82 Å². The Balaban J connectivity index is 1.74. The van der Waals surface area contributed by atoms with Gasteiger partial charge in [-0.25, -0.2) is 4.98 Å². The molecule has 2 aromatic rings. The van der Waals surface area contributed by atoms with Gasteiger partial charge < -0.3 is 14.5 Å². The van der Waals surface area contributed by atoms with Crippen molar-refractivity contribution in [3.05, 3.63) is 24.2 Å². The van der Waals surface area contributed by atoms with Gasteiger partial charge >= 0.3 is 0 Å². The maximum atomic E-state index is 9.32. The van der Waals surface area contributed by atoms with Crippen LogP contribution in [0.15, 0.2) is 22.9 Å². The monoisotopic (exact) mass is 302 g/mol. The molecule has 2 aromatic heterocycles. The molecule has 3 heterocycles. The smallest absolute Gasteiger partial charge is 0.259 e. The Morgan fingerprint density at radius 3 is 2.91 bits per heavy atom. The van der Waals surface area contributed by atoms with Crippen LogP contribution in [0.2, 0.25) is 0 Å². The van der Waals surface area contributed by atoms with Crippen molar-refractivity contribution in [2.24, 2.45) is 5.92 Å². The zero-order valence-electron chi connectivity index (χ0n) is 13.1. The lowest BCUT2D eigenvalue weighted by atomic mass is 9.99. The molecule has 22 heavy (non-hydrogen) atoms. The van der Waals surface area contributed by atoms with Crippen LogP contribution in [0.5, 0.6) is 0 Å². The van der Waals surface area contributed by atoms with Gasteiger partial charge in [-0.05, 0) is 30.9 Å². The summed E-state index contributed by atoms with van der Waals surface area (Å²) in [5, 5.41) is 13.3. The van der Waals surface area contributed by atoms with E-state index in [0.717, 1.165) is 37.3 Å². The first-order valence-corrected chi connectivity index (χ1v) is 7.83. The van der Waals surface area contributed by atoms with E-state index in [4.69, 9.17) is 4.52 Å². The Bertz CT molecular complexity index is 609. The molecular weight excluding hydrogens is 280 g/mol. The summed E-state index contributed by atoms with van der Waals surface area (Å²) in [5.41, 5.74) is 0.832. The lowest BCUT2D eigenvalue weighted by Gasteiger charge is -2.32. The van der Waals surface area contributed by atoms with Gasteiger partial charge in [0.25, 0.3) is 5.89 Å². The van der Waals surface area contributed by atoms with Gasteiger partial charge in [-0.2, -0.15) is 4.98 Å². The van der Waals surface area contributed by atoms with Crippen molar-refractivity contribution in [3.63, 3.8) is 0 Å². The molecule has 0 amide bonds. The minimum absolute atomic E-state index is 0.244. The van der Waals surface area contributed by atoms with Gasteiger partial charge in [0.2, 0.25) is 0 Å². The largest absolute Gasteiger partial charge is 0.396 e. The molecule has 1 saturated heterocycles. The van der Waals surface area contributed by atoms with Crippen LogP contribution in [-0.4, -0.2) is 39.9 Å². The summed E-state index contributed by atoms with van der Waals surface area (Å²) < 4.78 is 5.28. The van der Waals surface area contributed by atoms with E-state index in [1.807, 2.05) is 26.0 Å². The number of piperidine rings is 1. The number of aromatic nitrogens is 3. The van der Waals surface area contributed by atoms with Gasteiger partial charge in [0.15, 0.2) is 5.82 Å². The van der Waals surface area contributed by atoms with Crippen LogP contribution in [0.3, 0.4) is 0 Å². The van der Waals surface area contributed by atoms with Crippen LogP contribution >= 0.6 is 0 Å². The molecule has 1 aliphatic heterocycles. The summed E-state index contributed by atoms with van der Waals surface area (Å²) >= 11 is 0. The Hall–Kier alpha value is -1.95. The number of rotatable bonds is 4. The topological polar surface area (TPSA) is 75.3 Å². The highest BCUT2D eigenvalue weighted by Crippen LogP contribution is 2.24. The standard InChI is InChI=1S/C16H22N4O2/c1-11(2)15-18-16(22-19-15)13-5-6-14(17-8-13)20-7-3-4-12(9-20)10-21/h5-6,8,11-12,21H,3-4,7,9-10H2,1-2H3/t12-/m0/s1. The third kappa shape index (κ3) is 3.11. The molecule has 1 atom stereocenters. The summed E-state index contributed by atoms with van der Waals surface area (Å²) in [4.78, 5) is 11.1. The van der Waals surface area contributed by atoms with E-state index >= 15 is 0 Å². The third-order valence-corrected chi connectivity index (χ3v) is 4.05. The van der Waals surface area contributed by atoms with Gasteiger partial charge in [0.05, 0.1) is 5.56 Å². The third-order valence-electron chi connectivity index (χ3n) is 4.05. The SMILES string of the molecule is CC(C)c1noc(-c2ccc(N3CCC[C@H](CO)C3)nc2)n1. The van der Waals surface area contributed by atoms with Gasteiger partial charge in [0, 0.05) is 31.8 Å². The van der Waals surface area contributed by atoms with E-state index in [1.54, 1.807) is 6.20 Å². The predicted molar refractivity (Wildman–Crippen MR) is 83.6 cm³/mol. The zero-order chi connectivity index (χ0) is 15.5. The van der Waals surface area contributed by atoms with Gasteiger partial charge in [-0.1, -0.05) is 19.0 Å². The van der Waals surface area contributed by atoms with Crippen LogP contribution in [0, 0.1) is 5.92 Å². The Kier molecular flexibility index (Phi) is 4.38. The van der Waals surface area contributed by atoms with Crippen molar-refractivity contribution < 1.29 is 9.63 Å². The number of nitrogens with zero attached hydrogens (tertiary/aromatic N) is 4. The highest BCUT2D eigenvalue weighted by Gasteiger charge is 2.20. The number of aliphatic hydroxyl groups excluding tert-OH is 1. The number of pyridine rings is 1. The molecule has 6 nitrogen and oxygen atoms in total. The molecule has 0 saturated carbocycles. The molecule has 118 valence electrons. The minimum Gasteiger partial charge on any atom is -0.396 e. The Morgan fingerprint density at radius 2 is 2.27 bits per heavy atom. The molecular formula is C16H22N4O2. The van der Waals surface area contributed by atoms with E-state index in [9.17, 15) is 5.11 Å². The highest BCUT2D eigenvalue weighted by atomic mass is 16.5. The molecule has 0 aromatic carbocycles. The summed E-state index contributed by atoms with van der Waals surface area (Å²) in [6.45, 7) is 6.16. The normalized spacial score (nSPS) is 18.9. The molecule has 1 N–H and O–H groups in total. The summed E-state index contributed by atoms with van der Waals surface area (Å²) in [6, 6.07) is 3.94. The molecule has 3 rings (SSSR count). The lowest BCUT2D eigenvalue weighted by Crippen LogP contribution is -2.37. The lowest BCUT2D eigenvalue weighted by molar-refractivity contribution is 0.208. The van der Waals surface area contributed by atoms with E-state index < -0.39 is 0 Å². The number of hydrogen-bond donors (Lipinski definition) is 1. The van der Waals surface area contributed by atoms with Crippen molar-refractivity contribution in [1.82, 2.24) is 15.1 Å². The fourth-order valence-electron chi connectivity index (χ4n) is 2.71. The molecule has 0 bridgehead atoms. The number of aliphatic hydroxyl groups is 1. The first-order valence-electron chi connectivity index (χ1n) is 7.83. The highest BCUT2D eigenvalue weighted by molar-refractivity contribution is 5.54. The predicted octanol–water partition coefficient (Wildman–Crippen LogP) is 2.46. The van der Waals surface area contributed by atoms with Crippen LogP contribution in [-0.2, 0) is 0 Å². The van der Waals surface area contributed by atoms with Gasteiger partial charge in [-0.3, -0.25) is 0 Å². The van der Waals surface area contributed by atoms with Crippen molar-refractivity contribution in [3.8, 4) is 11.5 Å². The first kappa shape index (κ1) is 15.0. The molecule has 0 aliphatic carbocycles. The average Bonchev–Trinajstić information content (AvgIpc) is 3.05. The van der Waals surface area contributed by atoms with Crippen molar-refractivity contribution >= 4 is 5.82 Å². The molecule has 6 heteroatoms. The van der Waals surface area contributed by atoms with E-state index in [-0.39, 0.29) is 12.5 Å². The fourth-order valence-corrected chi connectivity index (χ4v) is 2.71. The second kappa shape index (κ2) is 6.44. The van der Waals surface area contributed by atoms with Crippen LogP contribution in [0.1, 0.15) is 38.4 Å².